The fourth-order valence-corrected chi connectivity index (χ4v) is 8.67. The quantitative estimate of drug-likeness (QED) is 0.472. The van der Waals surface area contributed by atoms with E-state index in [0.29, 0.717) is 10.8 Å². The number of hydrogen-bond acceptors (Lipinski definition) is 2. The molecule has 2 heteroatoms. The summed E-state index contributed by atoms with van der Waals surface area (Å²) >= 11 is 0. The molecule has 3 saturated carbocycles. The maximum atomic E-state index is 10.2. The van der Waals surface area contributed by atoms with Crippen LogP contribution >= 0.6 is 0 Å². The average Bonchev–Trinajstić information content (AvgIpc) is 3.07. The topological polar surface area (TPSA) is 40.5 Å². The van der Waals surface area contributed by atoms with E-state index in [9.17, 15) is 5.11 Å². The molecule has 0 aromatic rings. The molecule has 0 saturated heterocycles. The Labute approximate surface area is 186 Å². The lowest BCUT2D eigenvalue weighted by Crippen LogP contribution is -2.50. The zero-order valence-corrected chi connectivity index (χ0v) is 20.8. The molecule has 0 aromatic carbocycles. The SMILES string of the molecule is CC(C)CCCC(C)[C@H]1CC[C@H]2[C@@H]3CC=C4C[C@@H](O)CC[C@]4(C)[C@H]3CC[C@]12C.CO. The Morgan fingerprint density at radius 1 is 0.967 bits per heavy atom. The highest BCUT2D eigenvalue weighted by Crippen LogP contribution is 2.67. The lowest BCUT2D eigenvalue weighted by atomic mass is 9.47. The van der Waals surface area contributed by atoms with Gasteiger partial charge in [0.05, 0.1) is 6.10 Å². The van der Waals surface area contributed by atoms with Gasteiger partial charge in [0.2, 0.25) is 0 Å². The van der Waals surface area contributed by atoms with E-state index < -0.39 is 0 Å². The van der Waals surface area contributed by atoms with Gasteiger partial charge in [0.15, 0.2) is 0 Å². The van der Waals surface area contributed by atoms with Crippen molar-refractivity contribution in [1.29, 1.82) is 0 Å². The summed E-state index contributed by atoms with van der Waals surface area (Å²) in [6, 6.07) is 0. The minimum absolute atomic E-state index is 0.0766. The lowest BCUT2D eigenvalue weighted by molar-refractivity contribution is -0.0573. The summed E-state index contributed by atoms with van der Waals surface area (Å²) in [7, 11) is 1.00. The predicted octanol–water partition coefficient (Wildman–Crippen LogP) is 7.00. The van der Waals surface area contributed by atoms with E-state index in [0.717, 1.165) is 55.5 Å². The average molecular weight is 419 g/mol. The van der Waals surface area contributed by atoms with Gasteiger partial charge in [-0.15, -0.1) is 0 Å². The van der Waals surface area contributed by atoms with Crippen LogP contribution in [0.4, 0.5) is 0 Å². The number of fused-ring (bicyclic) bond motifs is 5. The van der Waals surface area contributed by atoms with Crippen molar-refractivity contribution in [3.05, 3.63) is 11.6 Å². The van der Waals surface area contributed by atoms with Gasteiger partial charge in [-0.05, 0) is 97.7 Å². The number of rotatable bonds is 5. The second-order valence-corrected chi connectivity index (χ2v) is 12.2. The van der Waals surface area contributed by atoms with Gasteiger partial charge in [-0.3, -0.25) is 0 Å². The Balaban J connectivity index is 0.00000124. The molecule has 174 valence electrons. The maximum absolute atomic E-state index is 10.2. The first-order valence-corrected chi connectivity index (χ1v) is 13.1. The van der Waals surface area contributed by atoms with Crippen LogP contribution < -0.4 is 0 Å². The van der Waals surface area contributed by atoms with Crippen molar-refractivity contribution >= 4 is 0 Å². The monoisotopic (exact) mass is 418 g/mol. The largest absolute Gasteiger partial charge is 0.400 e. The molecule has 0 radical (unpaired) electrons. The van der Waals surface area contributed by atoms with Crippen molar-refractivity contribution in [3.63, 3.8) is 0 Å². The Hall–Kier alpha value is -0.340. The van der Waals surface area contributed by atoms with E-state index in [2.05, 4.69) is 40.7 Å². The molecule has 4 aliphatic carbocycles. The minimum Gasteiger partial charge on any atom is -0.400 e. The second-order valence-electron chi connectivity index (χ2n) is 12.2. The molecule has 0 spiro atoms. The Kier molecular flexibility index (Phi) is 7.82. The van der Waals surface area contributed by atoms with E-state index in [1.165, 1.54) is 57.8 Å². The standard InChI is InChI=1S/C27H46O.CH4O/c1-18(2)7-6-8-19(3)23-11-12-24-22-10-9-20-17-21(28)13-15-26(20,4)25(22)14-16-27(23,24)5;1-2/h9,18-19,21-25,28H,6-8,10-17H2,1-5H3;2H,1H3/t19?,21-,22-,23+,24-,25-,26-,27+;/m0./s1. The molecular weight excluding hydrogens is 368 g/mol. The van der Waals surface area contributed by atoms with Gasteiger partial charge in [-0.1, -0.05) is 65.5 Å². The molecule has 0 heterocycles. The predicted molar refractivity (Wildman–Crippen MR) is 127 cm³/mol. The smallest absolute Gasteiger partial charge is 0.0577 e. The molecule has 2 nitrogen and oxygen atoms in total. The first-order chi connectivity index (χ1) is 14.3. The van der Waals surface area contributed by atoms with Crippen LogP contribution in [0.5, 0.6) is 0 Å². The van der Waals surface area contributed by atoms with Crippen LogP contribution in [0.1, 0.15) is 105 Å². The summed E-state index contributed by atoms with van der Waals surface area (Å²) in [4.78, 5) is 0. The highest BCUT2D eigenvalue weighted by atomic mass is 16.3. The fraction of sp³-hybridized carbons (Fsp3) is 0.929. The van der Waals surface area contributed by atoms with Crippen LogP contribution in [0, 0.1) is 46.3 Å². The second kappa shape index (κ2) is 9.65. The van der Waals surface area contributed by atoms with Crippen molar-refractivity contribution in [1.82, 2.24) is 0 Å². The van der Waals surface area contributed by atoms with Gasteiger partial charge in [0, 0.05) is 7.11 Å². The molecule has 1 unspecified atom stereocenters. The third kappa shape index (κ3) is 4.29. The summed E-state index contributed by atoms with van der Waals surface area (Å²) in [5.41, 5.74) is 2.60. The van der Waals surface area contributed by atoms with Crippen molar-refractivity contribution < 1.29 is 10.2 Å². The number of aliphatic hydroxyl groups excluding tert-OH is 2. The summed E-state index contributed by atoms with van der Waals surface area (Å²) in [5.74, 6) is 5.46. The lowest BCUT2D eigenvalue weighted by Gasteiger charge is -2.58. The minimum atomic E-state index is -0.0766. The van der Waals surface area contributed by atoms with Gasteiger partial charge < -0.3 is 10.2 Å². The molecule has 0 amide bonds. The molecule has 2 N–H and O–H groups in total. The van der Waals surface area contributed by atoms with Crippen LogP contribution in [0.3, 0.4) is 0 Å². The van der Waals surface area contributed by atoms with E-state index in [1.807, 2.05) is 0 Å². The Morgan fingerprint density at radius 2 is 1.70 bits per heavy atom. The first kappa shape index (κ1) is 24.3. The summed E-state index contributed by atoms with van der Waals surface area (Å²) in [6.45, 7) is 12.6. The summed E-state index contributed by atoms with van der Waals surface area (Å²) < 4.78 is 0. The van der Waals surface area contributed by atoms with Crippen molar-refractivity contribution in [2.45, 2.75) is 111 Å². The van der Waals surface area contributed by atoms with Crippen LogP contribution in [0.25, 0.3) is 0 Å². The first-order valence-electron chi connectivity index (χ1n) is 13.1. The normalized spacial score (nSPS) is 43.6. The maximum Gasteiger partial charge on any atom is 0.0577 e. The highest BCUT2D eigenvalue weighted by molar-refractivity contribution is 5.25. The van der Waals surface area contributed by atoms with Crippen LogP contribution in [0.15, 0.2) is 11.6 Å². The van der Waals surface area contributed by atoms with Gasteiger partial charge in [0.1, 0.15) is 0 Å². The zero-order valence-electron chi connectivity index (χ0n) is 20.8. The van der Waals surface area contributed by atoms with Crippen molar-refractivity contribution in [2.75, 3.05) is 7.11 Å². The van der Waals surface area contributed by atoms with E-state index >= 15 is 0 Å². The van der Waals surface area contributed by atoms with Crippen molar-refractivity contribution in [3.8, 4) is 0 Å². The van der Waals surface area contributed by atoms with Crippen LogP contribution in [-0.2, 0) is 0 Å². The summed E-state index contributed by atoms with van der Waals surface area (Å²) in [6.07, 6.45) is 17.2. The van der Waals surface area contributed by atoms with Crippen LogP contribution in [-0.4, -0.2) is 23.4 Å². The molecular formula is C28H50O2. The molecule has 30 heavy (non-hydrogen) atoms. The van der Waals surface area contributed by atoms with E-state index in [-0.39, 0.29) is 6.10 Å². The number of hydrogen-bond donors (Lipinski definition) is 2. The van der Waals surface area contributed by atoms with Crippen LogP contribution in [0.2, 0.25) is 0 Å². The van der Waals surface area contributed by atoms with Gasteiger partial charge in [-0.2, -0.15) is 0 Å². The molecule has 0 bridgehead atoms. The fourth-order valence-electron chi connectivity index (χ4n) is 8.67. The molecule has 3 fully saturated rings. The van der Waals surface area contributed by atoms with E-state index in [1.54, 1.807) is 5.57 Å². The zero-order chi connectivity index (χ0) is 22.1. The molecule has 8 atom stereocenters. The molecule has 0 aromatic heterocycles. The third-order valence-corrected chi connectivity index (χ3v) is 10.3. The highest BCUT2D eigenvalue weighted by Gasteiger charge is 2.59. The third-order valence-electron chi connectivity index (χ3n) is 10.3. The summed E-state index contributed by atoms with van der Waals surface area (Å²) in [5, 5.41) is 17.2. The molecule has 0 aliphatic heterocycles. The Bertz CT molecular complexity index is 595. The molecule has 4 rings (SSSR count). The number of allylic oxidation sites excluding steroid dienone is 1. The Morgan fingerprint density at radius 3 is 2.40 bits per heavy atom. The van der Waals surface area contributed by atoms with Gasteiger partial charge in [0.25, 0.3) is 0 Å². The van der Waals surface area contributed by atoms with Gasteiger partial charge in [-0.25, -0.2) is 0 Å². The van der Waals surface area contributed by atoms with Gasteiger partial charge >= 0.3 is 0 Å². The number of aliphatic hydroxyl groups is 2. The van der Waals surface area contributed by atoms with E-state index in [4.69, 9.17) is 5.11 Å². The molecule has 4 aliphatic rings. The van der Waals surface area contributed by atoms with Crippen molar-refractivity contribution in [2.24, 2.45) is 46.3 Å².